The molecule has 1 aromatic carbocycles. The molecule has 16 heavy (non-hydrogen) atoms. The zero-order valence-electron chi connectivity index (χ0n) is 8.85. The molecule has 0 atom stereocenters. The van der Waals surface area contributed by atoms with Crippen LogP contribution in [0.25, 0.3) is 10.1 Å². The lowest BCUT2D eigenvalue weighted by Gasteiger charge is -2.04. The van der Waals surface area contributed by atoms with Crippen LogP contribution in [0.1, 0.15) is 0 Å². The molecule has 0 saturated heterocycles. The van der Waals surface area contributed by atoms with Crippen LogP contribution in [0, 0.1) is 0 Å². The summed E-state index contributed by atoms with van der Waals surface area (Å²) in [6.45, 7) is 2.03. The Kier molecular flexibility index (Phi) is 4.10. The van der Waals surface area contributed by atoms with Gasteiger partial charge in [0.1, 0.15) is 6.61 Å². The summed E-state index contributed by atoms with van der Waals surface area (Å²) in [5, 5.41) is 12.7. The molecule has 1 aromatic heterocycles. The minimum atomic E-state index is 0.152. The van der Waals surface area contributed by atoms with Crippen molar-refractivity contribution < 1.29 is 9.84 Å². The van der Waals surface area contributed by atoms with Crippen molar-refractivity contribution in [1.82, 2.24) is 9.69 Å². The number of aliphatic hydroxyl groups excluding tert-OH is 1. The van der Waals surface area contributed by atoms with Crippen LogP contribution in [0.15, 0.2) is 24.3 Å². The molecule has 86 valence electrons. The first-order valence-corrected chi connectivity index (χ1v) is 5.98. The molecule has 2 aromatic rings. The normalized spacial score (nSPS) is 10.8. The Morgan fingerprint density at radius 2 is 2.19 bits per heavy atom. The van der Waals surface area contributed by atoms with Gasteiger partial charge in [0.05, 0.1) is 16.7 Å². The van der Waals surface area contributed by atoms with Gasteiger partial charge in [0.25, 0.3) is 0 Å². The third kappa shape index (κ3) is 2.69. The molecule has 0 aliphatic rings. The molecule has 0 aliphatic carbocycles. The van der Waals surface area contributed by atoms with E-state index in [1.54, 1.807) is 0 Å². The zero-order chi connectivity index (χ0) is 11.2. The quantitative estimate of drug-likeness (QED) is 0.744. The van der Waals surface area contributed by atoms with Gasteiger partial charge in [-0.05, 0) is 23.7 Å². The molecule has 0 fully saturated rings. The lowest BCUT2D eigenvalue weighted by Crippen LogP contribution is -2.24. The van der Waals surface area contributed by atoms with Gasteiger partial charge in [0.2, 0.25) is 5.88 Å². The second-order valence-corrected chi connectivity index (χ2v) is 4.11. The van der Waals surface area contributed by atoms with E-state index in [0.29, 0.717) is 25.6 Å². The molecular weight excluding hydrogens is 224 g/mol. The van der Waals surface area contributed by atoms with Crippen molar-refractivity contribution in [1.29, 1.82) is 0 Å². The van der Waals surface area contributed by atoms with Crippen molar-refractivity contribution in [2.24, 2.45) is 0 Å². The van der Waals surface area contributed by atoms with E-state index in [0.717, 1.165) is 10.1 Å². The molecular formula is C11H14N2O2S. The van der Waals surface area contributed by atoms with Crippen LogP contribution in [-0.2, 0) is 0 Å². The van der Waals surface area contributed by atoms with Crippen molar-refractivity contribution in [3.8, 4) is 5.88 Å². The maximum absolute atomic E-state index is 8.58. The molecule has 5 heteroatoms. The van der Waals surface area contributed by atoms with Crippen molar-refractivity contribution in [2.75, 3.05) is 26.3 Å². The third-order valence-electron chi connectivity index (χ3n) is 2.15. The fourth-order valence-corrected chi connectivity index (χ4v) is 2.12. The minimum absolute atomic E-state index is 0.152. The second kappa shape index (κ2) is 5.79. The fourth-order valence-electron chi connectivity index (χ4n) is 1.39. The number of benzene rings is 1. The van der Waals surface area contributed by atoms with Crippen LogP contribution in [0.4, 0.5) is 0 Å². The largest absolute Gasteiger partial charge is 0.475 e. The van der Waals surface area contributed by atoms with Crippen LogP contribution in [0.2, 0.25) is 0 Å². The molecule has 0 bridgehead atoms. The molecule has 4 nitrogen and oxygen atoms in total. The molecule has 0 amide bonds. The van der Waals surface area contributed by atoms with Crippen molar-refractivity contribution in [3.63, 3.8) is 0 Å². The smallest absolute Gasteiger partial charge is 0.233 e. The molecule has 0 radical (unpaired) electrons. The van der Waals surface area contributed by atoms with Gasteiger partial charge >= 0.3 is 0 Å². The van der Waals surface area contributed by atoms with Gasteiger partial charge in [-0.3, -0.25) is 0 Å². The van der Waals surface area contributed by atoms with Gasteiger partial charge in [-0.25, -0.2) is 0 Å². The zero-order valence-corrected chi connectivity index (χ0v) is 9.67. The first-order valence-electron chi connectivity index (χ1n) is 5.20. The highest BCUT2D eigenvalue weighted by molar-refractivity contribution is 7.13. The number of rotatable bonds is 6. The maximum atomic E-state index is 8.58. The number of fused-ring (bicyclic) bond motifs is 1. The van der Waals surface area contributed by atoms with E-state index in [4.69, 9.17) is 9.84 Å². The summed E-state index contributed by atoms with van der Waals surface area (Å²) in [5.74, 6) is 0.700. The SMILES string of the molecule is OCCNCCOc1nsc2ccccc12. The Morgan fingerprint density at radius 3 is 3.06 bits per heavy atom. The number of aliphatic hydroxyl groups is 1. The summed E-state index contributed by atoms with van der Waals surface area (Å²) in [6, 6.07) is 8.01. The Labute approximate surface area is 98.0 Å². The summed E-state index contributed by atoms with van der Waals surface area (Å²) >= 11 is 1.45. The van der Waals surface area contributed by atoms with Crippen LogP contribution in [0.5, 0.6) is 5.88 Å². The highest BCUT2D eigenvalue weighted by atomic mass is 32.1. The van der Waals surface area contributed by atoms with E-state index in [9.17, 15) is 0 Å². The second-order valence-electron chi connectivity index (χ2n) is 3.31. The van der Waals surface area contributed by atoms with Crippen molar-refractivity contribution in [3.05, 3.63) is 24.3 Å². The minimum Gasteiger partial charge on any atom is -0.475 e. The Hall–Kier alpha value is -1.17. The summed E-state index contributed by atoms with van der Waals surface area (Å²) in [5.41, 5.74) is 0. The van der Waals surface area contributed by atoms with E-state index in [2.05, 4.69) is 9.69 Å². The van der Waals surface area contributed by atoms with E-state index < -0.39 is 0 Å². The Bertz CT molecular complexity index is 444. The molecule has 0 unspecified atom stereocenters. The van der Waals surface area contributed by atoms with Crippen LogP contribution < -0.4 is 10.1 Å². The first kappa shape index (κ1) is 11.3. The molecule has 2 N–H and O–H groups in total. The van der Waals surface area contributed by atoms with E-state index >= 15 is 0 Å². The van der Waals surface area contributed by atoms with Crippen LogP contribution >= 0.6 is 11.5 Å². The summed E-state index contributed by atoms with van der Waals surface area (Å²) in [6.07, 6.45) is 0. The maximum Gasteiger partial charge on any atom is 0.233 e. The van der Waals surface area contributed by atoms with Gasteiger partial charge in [-0.15, -0.1) is 0 Å². The van der Waals surface area contributed by atoms with Crippen molar-refractivity contribution in [2.45, 2.75) is 0 Å². The Balaban J connectivity index is 1.89. The third-order valence-corrected chi connectivity index (χ3v) is 2.96. The van der Waals surface area contributed by atoms with Gasteiger partial charge < -0.3 is 15.2 Å². The molecule has 0 aliphatic heterocycles. The highest BCUT2D eigenvalue weighted by Crippen LogP contribution is 2.27. The summed E-state index contributed by atoms with van der Waals surface area (Å²) in [4.78, 5) is 0. The summed E-state index contributed by atoms with van der Waals surface area (Å²) < 4.78 is 11.0. The molecule has 0 spiro atoms. The highest BCUT2D eigenvalue weighted by Gasteiger charge is 2.05. The fraction of sp³-hybridized carbons (Fsp3) is 0.364. The first-order chi connectivity index (χ1) is 7.92. The summed E-state index contributed by atoms with van der Waals surface area (Å²) in [7, 11) is 0. The predicted octanol–water partition coefficient (Wildman–Crippen LogP) is 1.26. The topological polar surface area (TPSA) is 54.4 Å². The lowest BCUT2D eigenvalue weighted by atomic mass is 10.3. The van der Waals surface area contributed by atoms with E-state index in [1.807, 2.05) is 24.3 Å². The lowest BCUT2D eigenvalue weighted by molar-refractivity contribution is 0.274. The standard InChI is InChI=1S/C11H14N2O2S/c14-7-5-12-6-8-15-11-9-3-1-2-4-10(9)16-13-11/h1-4,12,14H,5-8H2. The number of hydrogen-bond acceptors (Lipinski definition) is 5. The predicted molar refractivity (Wildman–Crippen MR) is 65.1 cm³/mol. The average Bonchev–Trinajstić information content (AvgIpc) is 2.73. The van der Waals surface area contributed by atoms with Crippen LogP contribution in [0.3, 0.4) is 0 Å². The number of nitrogens with zero attached hydrogens (tertiary/aromatic N) is 1. The van der Waals surface area contributed by atoms with Gasteiger partial charge in [0.15, 0.2) is 0 Å². The van der Waals surface area contributed by atoms with Crippen LogP contribution in [-0.4, -0.2) is 35.8 Å². The molecule has 1 heterocycles. The number of nitrogens with one attached hydrogen (secondary N) is 1. The molecule has 0 saturated carbocycles. The Morgan fingerprint density at radius 1 is 1.31 bits per heavy atom. The monoisotopic (exact) mass is 238 g/mol. The number of ether oxygens (including phenoxy) is 1. The number of hydrogen-bond donors (Lipinski definition) is 2. The van der Waals surface area contributed by atoms with Gasteiger partial charge in [0, 0.05) is 13.1 Å². The van der Waals surface area contributed by atoms with Gasteiger partial charge in [-0.2, -0.15) is 4.37 Å². The van der Waals surface area contributed by atoms with Gasteiger partial charge in [-0.1, -0.05) is 12.1 Å². The van der Waals surface area contributed by atoms with E-state index in [-0.39, 0.29) is 6.61 Å². The molecule has 2 rings (SSSR count). The average molecular weight is 238 g/mol. The number of aromatic nitrogens is 1. The van der Waals surface area contributed by atoms with Crippen molar-refractivity contribution >= 4 is 21.6 Å². The van der Waals surface area contributed by atoms with E-state index in [1.165, 1.54) is 11.5 Å².